The molecule has 3 atom stereocenters. The summed E-state index contributed by atoms with van der Waals surface area (Å²) in [4.78, 5) is 2.87. The van der Waals surface area contributed by atoms with E-state index in [0.717, 1.165) is 12.8 Å². The molecule has 0 aromatic rings. The summed E-state index contributed by atoms with van der Waals surface area (Å²) in [6, 6.07) is -0.0382. The Morgan fingerprint density at radius 3 is 2.50 bits per heavy atom. The molecular formula is C10H19N3O. The first-order valence-electron chi connectivity index (χ1n) is 5.17. The maximum atomic E-state index is 9.51. The number of aliphatic hydroxyl groups excluding tert-OH is 1. The Labute approximate surface area is 84.9 Å². The van der Waals surface area contributed by atoms with Crippen molar-refractivity contribution in [1.29, 1.82) is 0 Å². The Kier molecular flexibility index (Phi) is 3.40. The minimum atomic E-state index is -0.288. The summed E-state index contributed by atoms with van der Waals surface area (Å²) in [5.41, 5.74) is 8.62. The summed E-state index contributed by atoms with van der Waals surface area (Å²) >= 11 is 0. The third-order valence-corrected chi connectivity index (χ3v) is 3.10. The number of aliphatic hydroxyl groups is 1. The van der Waals surface area contributed by atoms with Gasteiger partial charge < -0.3 is 5.11 Å². The Morgan fingerprint density at radius 1 is 1.36 bits per heavy atom. The monoisotopic (exact) mass is 197 g/mol. The van der Waals surface area contributed by atoms with Gasteiger partial charge in [0.15, 0.2) is 0 Å². The first kappa shape index (κ1) is 11.3. The molecule has 0 heterocycles. The van der Waals surface area contributed by atoms with E-state index in [1.807, 2.05) is 0 Å². The van der Waals surface area contributed by atoms with Crippen LogP contribution in [0.5, 0.6) is 0 Å². The number of hydrogen-bond acceptors (Lipinski definition) is 2. The molecule has 0 spiro atoms. The lowest BCUT2D eigenvalue weighted by molar-refractivity contribution is 0.0564. The number of hydrogen-bond donors (Lipinski definition) is 1. The van der Waals surface area contributed by atoms with Crippen LogP contribution in [-0.4, -0.2) is 17.3 Å². The van der Waals surface area contributed by atoms with E-state index in [2.05, 4.69) is 30.8 Å². The van der Waals surface area contributed by atoms with E-state index < -0.39 is 0 Å². The summed E-state index contributed by atoms with van der Waals surface area (Å²) in [7, 11) is 0. The number of nitrogens with zero attached hydrogens (tertiary/aromatic N) is 3. The van der Waals surface area contributed by atoms with Gasteiger partial charge in [-0.25, -0.2) is 0 Å². The van der Waals surface area contributed by atoms with Crippen molar-refractivity contribution in [2.24, 2.45) is 16.4 Å². The van der Waals surface area contributed by atoms with Crippen LogP contribution in [0.1, 0.15) is 40.0 Å². The largest absolute Gasteiger partial charge is 0.393 e. The van der Waals surface area contributed by atoms with Crippen molar-refractivity contribution >= 4 is 0 Å². The first-order valence-corrected chi connectivity index (χ1v) is 5.17. The molecule has 0 amide bonds. The molecule has 0 bridgehead atoms. The molecule has 0 aromatic heterocycles. The van der Waals surface area contributed by atoms with Crippen LogP contribution in [0, 0.1) is 11.3 Å². The molecule has 1 rings (SSSR count). The SMILES string of the molecule is CC(C)(C)C1CCC(O)CC1N=[N+]=[N-]. The van der Waals surface area contributed by atoms with Gasteiger partial charge >= 0.3 is 0 Å². The highest BCUT2D eigenvalue weighted by atomic mass is 16.3. The number of azide groups is 1. The van der Waals surface area contributed by atoms with E-state index in [-0.39, 0.29) is 17.6 Å². The molecule has 80 valence electrons. The van der Waals surface area contributed by atoms with Crippen LogP contribution in [0.3, 0.4) is 0 Å². The molecule has 0 aromatic carbocycles. The maximum absolute atomic E-state index is 9.51. The lowest BCUT2D eigenvalue weighted by atomic mass is 9.69. The van der Waals surface area contributed by atoms with Crippen molar-refractivity contribution in [2.45, 2.75) is 52.2 Å². The standard InChI is InChI=1S/C10H19N3O/c1-10(2,3)8-5-4-7(14)6-9(8)12-13-11/h7-9,14H,4-6H2,1-3H3. The molecule has 0 saturated heterocycles. The summed E-state index contributed by atoms with van der Waals surface area (Å²) < 4.78 is 0. The smallest absolute Gasteiger partial charge is 0.0544 e. The van der Waals surface area contributed by atoms with Crippen LogP contribution in [0.4, 0.5) is 0 Å². The Hall–Kier alpha value is -0.730. The van der Waals surface area contributed by atoms with Crippen LogP contribution >= 0.6 is 0 Å². The van der Waals surface area contributed by atoms with Gasteiger partial charge in [-0.05, 0) is 36.1 Å². The van der Waals surface area contributed by atoms with Crippen molar-refractivity contribution in [2.75, 3.05) is 0 Å². The van der Waals surface area contributed by atoms with Gasteiger partial charge in [0.25, 0.3) is 0 Å². The van der Waals surface area contributed by atoms with Gasteiger partial charge in [-0.3, -0.25) is 0 Å². The van der Waals surface area contributed by atoms with Crippen molar-refractivity contribution in [1.82, 2.24) is 0 Å². The number of rotatable bonds is 1. The Morgan fingerprint density at radius 2 is 2.00 bits per heavy atom. The van der Waals surface area contributed by atoms with Gasteiger partial charge in [0.2, 0.25) is 0 Å². The molecule has 14 heavy (non-hydrogen) atoms. The van der Waals surface area contributed by atoms with Crippen LogP contribution in [0.15, 0.2) is 5.11 Å². The summed E-state index contributed by atoms with van der Waals surface area (Å²) in [5, 5.41) is 13.3. The first-order chi connectivity index (χ1) is 6.45. The molecule has 1 N–H and O–H groups in total. The molecule has 1 saturated carbocycles. The fourth-order valence-corrected chi connectivity index (χ4v) is 2.33. The van der Waals surface area contributed by atoms with Crippen molar-refractivity contribution in [3.8, 4) is 0 Å². The van der Waals surface area contributed by atoms with Crippen molar-refractivity contribution < 1.29 is 5.11 Å². The normalized spacial score (nSPS) is 33.6. The summed E-state index contributed by atoms with van der Waals surface area (Å²) in [6.45, 7) is 6.49. The van der Waals surface area contributed by atoms with E-state index in [9.17, 15) is 5.11 Å². The van der Waals surface area contributed by atoms with Gasteiger partial charge in [0, 0.05) is 11.0 Å². The highest BCUT2D eigenvalue weighted by molar-refractivity contribution is 4.91. The molecule has 0 radical (unpaired) electrons. The van der Waals surface area contributed by atoms with E-state index in [1.165, 1.54) is 0 Å². The zero-order valence-corrected chi connectivity index (χ0v) is 9.14. The summed E-state index contributed by atoms with van der Waals surface area (Å²) in [6.07, 6.45) is 2.11. The minimum absolute atomic E-state index is 0.0382. The van der Waals surface area contributed by atoms with Crippen molar-refractivity contribution in [3.63, 3.8) is 0 Å². The van der Waals surface area contributed by atoms with Gasteiger partial charge in [0.1, 0.15) is 0 Å². The topological polar surface area (TPSA) is 69.0 Å². The van der Waals surface area contributed by atoms with Gasteiger partial charge in [-0.15, -0.1) is 0 Å². The lowest BCUT2D eigenvalue weighted by Gasteiger charge is -2.39. The molecule has 1 aliphatic carbocycles. The molecule has 4 heteroatoms. The molecule has 1 aliphatic rings. The lowest BCUT2D eigenvalue weighted by Crippen LogP contribution is -2.38. The van der Waals surface area contributed by atoms with Crippen molar-refractivity contribution in [3.05, 3.63) is 10.4 Å². The predicted octanol–water partition coefficient (Wildman–Crippen LogP) is 2.87. The third kappa shape index (κ3) is 2.63. The molecule has 4 nitrogen and oxygen atoms in total. The molecule has 0 aliphatic heterocycles. The molecular weight excluding hydrogens is 178 g/mol. The quantitative estimate of drug-likeness (QED) is 0.392. The van der Waals surface area contributed by atoms with Crippen LogP contribution in [0.25, 0.3) is 10.4 Å². The maximum Gasteiger partial charge on any atom is 0.0544 e. The highest BCUT2D eigenvalue weighted by Gasteiger charge is 2.36. The van der Waals surface area contributed by atoms with E-state index in [1.54, 1.807) is 0 Å². The second-order valence-corrected chi connectivity index (χ2v) is 5.21. The van der Waals surface area contributed by atoms with Crippen LogP contribution < -0.4 is 0 Å². The fourth-order valence-electron chi connectivity index (χ4n) is 2.33. The molecule has 1 fully saturated rings. The summed E-state index contributed by atoms with van der Waals surface area (Å²) in [5.74, 6) is 0.391. The average molecular weight is 197 g/mol. The Bertz CT molecular complexity index is 240. The molecule has 3 unspecified atom stereocenters. The van der Waals surface area contributed by atoms with E-state index in [4.69, 9.17) is 5.53 Å². The second-order valence-electron chi connectivity index (χ2n) is 5.21. The van der Waals surface area contributed by atoms with E-state index in [0.29, 0.717) is 12.3 Å². The van der Waals surface area contributed by atoms with Crippen LogP contribution in [-0.2, 0) is 0 Å². The van der Waals surface area contributed by atoms with Gasteiger partial charge in [0.05, 0.1) is 6.10 Å². The fraction of sp³-hybridized carbons (Fsp3) is 1.00. The highest BCUT2D eigenvalue weighted by Crippen LogP contribution is 2.39. The average Bonchev–Trinajstić information content (AvgIpc) is 2.02. The predicted molar refractivity (Wildman–Crippen MR) is 55.7 cm³/mol. The third-order valence-electron chi connectivity index (χ3n) is 3.10. The zero-order valence-electron chi connectivity index (χ0n) is 9.14. The van der Waals surface area contributed by atoms with Gasteiger partial charge in [-0.1, -0.05) is 25.9 Å². The van der Waals surface area contributed by atoms with E-state index >= 15 is 0 Å². The zero-order chi connectivity index (χ0) is 10.8. The second kappa shape index (κ2) is 4.20. The Balaban J connectivity index is 2.77. The van der Waals surface area contributed by atoms with Gasteiger partial charge in [-0.2, -0.15) is 0 Å². The van der Waals surface area contributed by atoms with Crippen LogP contribution in [0.2, 0.25) is 0 Å². The minimum Gasteiger partial charge on any atom is -0.393 e.